The van der Waals surface area contributed by atoms with E-state index in [1.54, 1.807) is 37.3 Å². The molecule has 2 aliphatic heterocycles. The standard InChI is InChI=1S/C29H29F2NO6S/c1-19-4-3-5-23(14-19)39(34,35)32-18-22(17-29(28(33)36-2)10-12-37-13-11-29)38-27-9-6-20(15-26(27)32)24-16-21(30)7-8-25(24)31/h3-9,14-16,22H,10-13,17-18H2,1-2H3/t22-/m0/s1. The maximum absolute atomic E-state index is 14.6. The number of rotatable bonds is 6. The van der Waals surface area contributed by atoms with Crippen molar-refractivity contribution in [1.82, 2.24) is 0 Å². The van der Waals surface area contributed by atoms with Crippen LogP contribution in [0, 0.1) is 24.0 Å². The topological polar surface area (TPSA) is 82.1 Å². The van der Waals surface area contributed by atoms with Crippen molar-refractivity contribution in [2.45, 2.75) is 37.2 Å². The summed E-state index contributed by atoms with van der Waals surface area (Å²) in [5.41, 5.74) is 0.391. The molecule has 3 aromatic carbocycles. The van der Waals surface area contributed by atoms with Crippen molar-refractivity contribution in [1.29, 1.82) is 0 Å². The van der Waals surface area contributed by atoms with Gasteiger partial charge in [-0.15, -0.1) is 0 Å². The number of carbonyl (C=O) groups is 1. The number of halogens is 2. The Hall–Kier alpha value is -3.50. The predicted molar refractivity (Wildman–Crippen MR) is 141 cm³/mol. The molecule has 7 nitrogen and oxygen atoms in total. The maximum atomic E-state index is 14.6. The van der Waals surface area contributed by atoms with E-state index in [-0.39, 0.29) is 40.8 Å². The highest BCUT2D eigenvalue weighted by Gasteiger charge is 2.46. The van der Waals surface area contributed by atoms with Gasteiger partial charge in [-0.1, -0.05) is 18.2 Å². The minimum absolute atomic E-state index is 0.000299. The largest absolute Gasteiger partial charge is 0.486 e. The van der Waals surface area contributed by atoms with Crippen LogP contribution >= 0.6 is 0 Å². The monoisotopic (exact) mass is 557 g/mol. The molecular formula is C29H29F2NO6S. The Morgan fingerprint density at radius 2 is 1.85 bits per heavy atom. The number of hydrogen-bond donors (Lipinski definition) is 0. The van der Waals surface area contributed by atoms with Crippen LogP contribution < -0.4 is 9.04 Å². The number of carbonyl (C=O) groups excluding carboxylic acids is 1. The lowest BCUT2D eigenvalue weighted by Gasteiger charge is -2.41. The van der Waals surface area contributed by atoms with Gasteiger partial charge in [0, 0.05) is 25.2 Å². The number of benzene rings is 3. The number of anilines is 1. The third kappa shape index (κ3) is 5.23. The molecule has 10 heteroatoms. The molecule has 0 spiro atoms. The summed E-state index contributed by atoms with van der Waals surface area (Å²) in [4.78, 5) is 13.0. The molecule has 0 amide bonds. The van der Waals surface area contributed by atoms with E-state index in [0.717, 1.165) is 23.8 Å². The minimum Gasteiger partial charge on any atom is -0.486 e. The van der Waals surface area contributed by atoms with Gasteiger partial charge in [0.05, 0.1) is 29.7 Å². The van der Waals surface area contributed by atoms with Crippen molar-refractivity contribution in [3.8, 4) is 16.9 Å². The fourth-order valence-electron chi connectivity index (χ4n) is 5.34. The molecule has 2 heterocycles. The minimum atomic E-state index is -4.09. The van der Waals surface area contributed by atoms with Gasteiger partial charge in [-0.3, -0.25) is 9.10 Å². The van der Waals surface area contributed by atoms with E-state index in [9.17, 15) is 22.0 Å². The SMILES string of the molecule is COC(=O)C1(C[C@H]2CN(S(=O)(=O)c3cccc(C)c3)c3cc(-c4cc(F)ccc4F)ccc3O2)CCOCC1. The second kappa shape index (κ2) is 10.6. The van der Waals surface area contributed by atoms with Gasteiger partial charge in [0.15, 0.2) is 0 Å². The quantitative estimate of drug-likeness (QED) is 0.385. The average molecular weight is 558 g/mol. The highest BCUT2D eigenvalue weighted by Crippen LogP contribution is 2.44. The molecule has 0 bridgehead atoms. The summed E-state index contributed by atoms with van der Waals surface area (Å²) in [6, 6.07) is 14.2. The summed E-state index contributed by atoms with van der Waals surface area (Å²) < 4.78 is 74.7. The first kappa shape index (κ1) is 27.1. The molecule has 1 atom stereocenters. The Morgan fingerprint density at radius 1 is 1.08 bits per heavy atom. The predicted octanol–water partition coefficient (Wildman–Crippen LogP) is 5.26. The van der Waals surface area contributed by atoms with E-state index >= 15 is 0 Å². The third-order valence-electron chi connectivity index (χ3n) is 7.39. The molecule has 0 unspecified atom stereocenters. The summed E-state index contributed by atoms with van der Waals surface area (Å²) in [6.07, 6.45) is 0.401. The lowest BCUT2D eigenvalue weighted by molar-refractivity contribution is -0.161. The molecule has 39 heavy (non-hydrogen) atoms. The normalized spacial score (nSPS) is 18.7. The second-order valence-electron chi connectivity index (χ2n) is 9.99. The Morgan fingerprint density at radius 3 is 2.56 bits per heavy atom. The first-order valence-electron chi connectivity index (χ1n) is 12.6. The fourth-order valence-corrected chi connectivity index (χ4v) is 6.95. The zero-order chi connectivity index (χ0) is 27.8. The number of sulfonamides is 1. The number of nitrogens with zero attached hydrogens (tertiary/aromatic N) is 1. The van der Waals surface area contributed by atoms with Gasteiger partial charge >= 0.3 is 5.97 Å². The van der Waals surface area contributed by atoms with Crippen molar-refractivity contribution in [2.24, 2.45) is 5.41 Å². The summed E-state index contributed by atoms with van der Waals surface area (Å²) in [5.74, 6) is -1.38. The molecule has 1 fully saturated rings. The van der Waals surface area contributed by atoms with E-state index in [4.69, 9.17) is 14.2 Å². The van der Waals surface area contributed by atoms with Crippen LogP contribution in [0.25, 0.3) is 11.1 Å². The highest BCUT2D eigenvalue weighted by atomic mass is 32.2. The van der Waals surface area contributed by atoms with Crippen molar-refractivity contribution < 1.29 is 36.2 Å². The number of hydrogen-bond acceptors (Lipinski definition) is 6. The number of methoxy groups -OCH3 is 1. The van der Waals surface area contributed by atoms with E-state index in [2.05, 4.69) is 0 Å². The Balaban J connectivity index is 1.59. The van der Waals surface area contributed by atoms with Gasteiger partial charge in [-0.25, -0.2) is 17.2 Å². The van der Waals surface area contributed by atoms with E-state index in [0.29, 0.717) is 31.6 Å². The first-order valence-corrected chi connectivity index (χ1v) is 14.1. The molecular weight excluding hydrogens is 528 g/mol. The van der Waals surface area contributed by atoms with Gasteiger partial charge in [0.25, 0.3) is 10.0 Å². The molecule has 3 aromatic rings. The van der Waals surface area contributed by atoms with Crippen molar-refractivity contribution in [3.05, 3.63) is 77.9 Å². The highest BCUT2D eigenvalue weighted by molar-refractivity contribution is 7.92. The fraction of sp³-hybridized carbons (Fsp3) is 0.345. The Bertz CT molecular complexity index is 1500. The number of esters is 1. The zero-order valence-electron chi connectivity index (χ0n) is 21.7. The van der Waals surface area contributed by atoms with Crippen LogP contribution in [0.15, 0.2) is 65.6 Å². The van der Waals surface area contributed by atoms with Crippen LogP contribution in [0.2, 0.25) is 0 Å². The molecule has 0 N–H and O–H groups in total. The van der Waals surface area contributed by atoms with Crippen LogP contribution in [0.1, 0.15) is 24.8 Å². The van der Waals surface area contributed by atoms with Gasteiger partial charge in [-0.05, 0) is 73.4 Å². The summed E-state index contributed by atoms with van der Waals surface area (Å²) >= 11 is 0. The molecule has 2 aliphatic rings. The first-order chi connectivity index (χ1) is 18.6. The molecule has 206 valence electrons. The number of ether oxygens (including phenoxy) is 3. The number of aryl methyl sites for hydroxylation is 1. The van der Waals surface area contributed by atoms with Crippen LogP contribution in [-0.2, 0) is 24.3 Å². The van der Waals surface area contributed by atoms with Gasteiger partial charge in [0.1, 0.15) is 23.5 Å². The lowest BCUT2D eigenvalue weighted by atomic mass is 9.75. The molecule has 0 radical (unpaired) electrons. The van der Waals surface area contributed by atoms with E-state index < -0.39 is 33.2 Å². The molecule has 0 aliphatic carbocycles. The van der Waals surface area contributed by atoms with E-state index in [1.807, 2.05) is 0 Å². The number of fused-ring (bicyclic) bond motifs is 1. The van der Waals surface area contributed by atoms with Gasteiger partial charge in [0.2, 0.25) is 0 Å². The third-order valence-corrected chi connectivity index (χ3v) is 9.17. The van der Waals surface area contributed by atoms with Crippen LogP contribution in [0.5, 0.6) is 5.75 Å². The van der Waals surface area contributed by atoms with Crippen molar-refractivity contribution >= 4 is 21.7 Å². The molecule has 0 saturated carbocycles. The van der Waals surface area contributed by atoms with Crippen LogP contribution in [0.4, 0.5) is 14.5 Å². The summed E-state index contributed by atoms with van der Waals surface area (Å²) in [6.45, 7) is 2.47. The average Bonchev–Trinajstić information content (AvgIpc) is 2.93. The summed E-state index contributed by atoms with van der Waals surface area (Å²) in [7, 11) is -2.76. The van der Waals surface area contributed by atoms with Crippen LogP contribution in [0.3, 0.4) is 0 Å². The lowest BCUT2D eigenvalue weighted by Crippen LogP contribution is -2.48. The molecule has 1 saturated heterocycles. The maximum Gasteiger partial charge on any atom is 0.312 e. The summed E-state index contributed by atoms with van der Waals surface area (Å²) in [5, 5.41) is 0. The molecule has 0 aromatic heterocycles. The smallest absolute Gasteiger partial charge is 0.312 e. The molecule has 5 rings (SSSR count). The van der Waals surface area contributed by atoms with E-state index in [1.165, 1.54) is 23.5 Å². The van der Waals surface area contributed by atoms with Crippen molar-refractivity contribution in [3.63, 3.8) is 0 Å². The second-order valence-corrected chi connectivity index (χ2v) is 11.8. The van der Waals surface area contributed by atoms with Crippen molar-refractivity contribution in [2.75, 3.05) is 31.2 Å². The van der Waals surface area contributed by atoms with Gasteiger partial charge in [-0.2, -0.15) is 0 Å². The van der Waals surface area contributed by atoms with Gasteiger partial charge < -0.3 is 14.2 Å². The zero-order valence-corrected chi connectivity index (χ0v) is 22.5. The van der Waals surface area contributed by atoms with Crippen LogP contribution in [-0.4, -0.2) is 47.4 Å². The Labute approximate surface area is 226 Å². The Kier molecular flexibility index (Phi) is 7.35.